The molecule has 1 fully saturated rings. The Morgan fingerprint density at radius 1 is 0.690 bits per heavy atom. The highest BCUT2D eigenvalue weighted by Crippen LogP contribution is 2.38. The number of para-hydroxylation sites is 1. The monoisotopic (exact) mass is 971 g/mol. The van der Waals surface area contributed by atoms with E-state index in [1.165, 1.54) is 5.56 Å². The number of nitrogens with zero attached hydrogens (tertiary/aromatic N) is 4. The maximum Gasteiger partial charge on any atom is 0.248 e. The number of likely N-dealkylation sites (tertiary alicyclic amines) is 1. The predicted molar refractivity (Wildman–Crippen MR) is 274 cm³/mol. The van der Waals surface area contributed by atoms with Gasteiger partial charge < -0.3 is 41.7 Å². The second-order valence-corrected chi connectivity index (χ2v) is 21.8. The number of rotatable bonds is 14. The number of aryl methyl sites for hydroxylation is 2. The van der Waals surface area contributed by atoms with Gasteiger partial charge in [0.25, 0.3) is 0 Å². The third-order valence-corrected chi connectivity index (χ3v) is 14.5. The Hall–Kier alpha value is -6.39. The predicted octanol–water partition coefficient (Wildman–Crippen LogP) is 5.23. The van der Waals surface area contributed by atoms with Gasteiger partial charge in [-0.05, 0) is 111 Å². The standard InChI is InChI=1S/C55H74N10O6/c1-32-26-45(65(62-32)40-20-13-12-14-21-40)59-51(69)43-28-37-25-24-36(27-38(37)30-63(43)52(70)46(54(4,5)6)60-48(66)33(2)56-10)39-29-44(50(68)58-42-23-17-19-35-18-15-16-22-41(35)42)64(31-39)53(71)47(55(7,8)9)61-49(67)34(3)57-11/h12-16,18,20-22,24-27,33-34,39,42-44,46-47,56-57H,17,19,23,28-31H2,1-11H3,(H,58,68)(H,59,69)(H,60,66)(H,61,67)/t33-,34-,39-,42+,43-,44-,46+,47+/m0/s1. The fourth-order valence-corrected chi connectivity index (χ4v) is 10.1. The van der Waals surface area contributed by atoms with E-state index < -0.39 is 58.9 Å². The van der Waals surface area contributed by atoms with Crippen molar-refractivity contribution < 1.29 is 28.8 Å². The number of carbonyl (C=O) groups is 6. The number of aromatic nitrogens is 2. The molecule has 1 saturated heterocycles. The van der Waals surface area contributed by atoms with Crippen molar-refractivity contribution in [2.24, 2.45) is 10.8 Å². The SMILES string of the molecule is CN[C@@H](C)C(=O)N[C@H](C(=O)N1Cc2cc([C@H]3C[C@@H](C(=O)N[C@@H]4CCCc5ccccc54)N(C(=O)[C@@H](NC(=O)[C@H](C)NC)C(C)(C)C)C3)ccc2C[C@H]1C(=O)Nc1cc(C)nn1-c1ccccc1)C(C)(C)C. The minimum atomic E-state index is -0.986. The summed E-state index contributed by atoms with van der Waals surface area (Å²) in [4.78, 5) is 89.6. The highest BCUT2D eigenvalue weighted by molar-refractivity contribution is 5.99. The molecule has 8 atom stereocenters. The number of nitrogens with one attached hydrogen (secondary N) is 6. The number of benzene rings is 3. The lowest BCUT2D eigenvalue weighted by Crippen LogP contribution is -2.61. The van der Waals surface area contributed by atoms with Crippen LogP contribution in [0, 0.1) is 17.8 Å². The molecule has 380 valence electrons. The lowest BCUT2D eigenvalue weighted by molar-refractivity contribution is -0.146. The Labute approximate surface area is 418 Å². The fraction of sp³-hybridized carbons (Fsp3) is 0.509. The van der Waals surface area contributed by atoms with Crippen LogP contribution in [0.5, 0.6) is 0 Å². The van der Waals surface area contributed by atoms with Crippen LogP contribution in [-0.2, 0) is 48.2 Å². The first-order chi connectivity index (χ1) is 33.6. The van der Waals surface area contributed by atoms with Crippen molar-refractivity contribution in [3.05, 3.63) is 112 Å². The first-order valence-corrected chi connectivity index (χ1v) is 25.1. The van der Waals surface area contributed by atoms with Crippen LogP contribution >= 0.6 is 0 Å². The lowest BCUT2D eigenvalue weighted by Gasteiger charge is -2.41. The average Bonchev–Trinajstić information content (AvgIpc) is 3.96. The molecule has 6 amide bonds. The van der Waals surface area contributed by atoms with Gasteiger partial charge >= 0.3 is 0 Å². The van der Waals surface area contributed by atoms with E-state index >= 15 is 4.79 Å². The zero-order chi connectivity index (χ0) is 51.5. The van der Waals surface area contributed by atoms with Crippen LogP contribution in [0.15, 0.2) is 78.9 Å². The summed E-state index contributed by atoms with van der Waals surface area (Å²) >= 11 is 0. The van der Waals surface area contributed by atoms with Gasteiger partial charge in [-0.15, -0.1) is 0 Å². The maximum absolute atomic E-state index is 15.1. The minimum Gasteiger partial charge on any atom is -0.347 e. The first kappa shape index (κ1) is 52.4. The van der Waals surface area contributed by atoms with E-state index in [-0.39, 0.29) is 55.1 Å². The summed E-state index contributed by atoms with van der Waals surface area (Å²) in [5, 5.41) is 23.0. The third kappa shape index (κ3) is 11.7. The molecule has 4 aromatic rings. The molecule has 71 heavy (non-hydrogen) atoms. The highest BCUT2D eigenvalue weighted by atomic mass is 16.2. The van der Waals surface area contributed by atoms with E-state index in [9.17, 15) is 24.0 Å². The van der Waals surface area contributed by atoms with Gasteiger partial charge in [0, 0.05) is 31.5 Å². The number of fused-ring (bicyclic) bond motifs is 2. The number of carbonyl (C=O) groups excluding carboxylic acids is 6. The number of likely N-dealkylation sites (N-methyl/N-ethyl adjacent to an activating group) is 2. The zero-order valence-corrected chi connectivity index (χ0v) is 43.3. The molecule has 1 aromatic heterocycles. The van der Waals surface area contributed by atoms with Gasteiger partial charge in [-0.1, -0.05) is 102 Å². The van der Waals surface area contributed by atoms with Crippen molar-refractivity contribution in [2.45, 2.75) is 149 Å². The Bertz CT molecular complexity index is 2620. The number of anilines is 1. The highest BCUT2D eigenvalue weighted by Gasteiger charge is 2.47. The lowest BCUT2D eigenvalue weighted by atomic mass is 9.83. The van der Waals surface area contributed by atoms with Crippen molar-refractivity contribution in [1.82, 2.24) is 46.2 Å². The normalized spacial score (nSPS) is 20.7. The largest absolute Gasteiger partial charge is 0.347 e. The Kier molecular flexibility index (Phi) is 15.9. The molecule has 1 aliphatic carbocycles. The third-order valence-electron chi connectivity index (χ3n) is 14.5. The van der Waals surface area contributed by atoms with Crippen LogP contribution in [0.4, 0.5) is 5.82 Å². The Morgan fingerprint density at radius 2 is 1.30 bits per heavy atom. The fourth-order valence-electron chi connectivity index (χ4n) is 10.1. The summed E-state index contributed by atoms with van der Waals surface area (Å²) in [5.74, 6) is -1.90. The van der Waals surface area contributed by atoms with E-state index in [4.69, 9.17) is 0 Å². The molecule has 7 rings (SSSR count). The molecule has 0 bridgehead atoms. The average molecular weight is 971 g/mol. The second kappa shape index (κ2) is 21.5. The molecular weight excluding hydrogens is 897 g/mol. The molecular formula is C55H74N10O6. The molecule has 3 heterocycles. The van der Waals surface area contributed by atoms with E-state index in [0.29, 0.717) is 17.9 Å². The molecule has 0 saturated carbocycles. The summed E-state index contributed by atoms with van der Waals surface area (Å²) in [7, 11) is 3.36. The van der Waals surface area contributed by atoms with Crippen LogP contribution in [-0.4, -0.2) is 112 Å². The van der Waals surface area contributed by atoms with Crippen LogP contribution in [0.3, 0.4) is 0 Å². The van der Waals surface area contributed by atoms with Crippen molar-refractivity contribution in [2.75, 3.05) is 26.0 Å². The summed E-state index contributed by atoms with van der Waals surface area (Å²) in [6.07, 6.45) is 3.15. The first-order valence-electron chi connectivity index (χ1n) is 25.1. The maximum atomic E-state index is 15.1. The minimum absolute atomic E-state index is 0.0588. The molecule has 16 nitrogen and oxygen atoms in total. The molecule has 0 radical (unpaired) electrons. The Balaban J connectivity index is 1.23. The molecule has 6 N–H and O–H groups in total. The second-order valence-electron chi connectivity index (χ2n) is 21.8. The molecule has 2 aliphatic heterocycles. The number of amides is 6. The molecule has 0 unspecified atom stereocenters. The van der Waals surface area contributed by atoms with E-state index in [1.807, 2.05) is 109 Å². The van der Waals surface area contributed by atoms with Crippen molar-refractivity contribution >= 4 is 41.3 Å². The summed E-state index contributed by atoms with van der Waals surface area (Å²) in [6, 6.07) is 20.4. The van der Waals surface area contributed by atoms with E-state index in [1.54, 1.807) is 48.5 Å². The molecule has 3 aliphatic rings. The van der Waals surface area contributed by atoms with Crippen molar-refractivity contribution in [1.29, 1.82) is 0 Å². The van der Waals surface area contributed by atoms with Crippen molar-refractivity contribution in [3.8, 4) is 5.69 Å². The quantitative estimate of drug-likeness (QED) is 0.0981. The number of hydrogen-bond donors (Lipinski definition) is 6. The van der Waals surface area contributed by atoms with Crippen LogP contribution < -0.4 is 31.9 Å². The van der Waals surface area contributed by atoms with Gasteiger partial charge in [0.2, 0.25) is 35.4 Å². The van der Waals surface area contributed by atoms with Crippen LogP contribution in [0.25, 0.3) is 5.69 Å². The summed E-state index contributed by atoms with van der Waals surface area (Å²) in [6.45, 7) is 16.9. The van der Waals surface area contributed by atoms with Crippen LogP contribution in [0.2, 0.25) is 0 Å². The molecule has 0 spiro atoms. The Morgan fingerprint density at radius 3 is 1.92 bits per heavy atom. The van der Waals surface area contributed by atoms with Gasteiger partial charge in [0.05, 0.1) is 29.5 Å². The summed E-state index contributed by atoms with van der Waals surface area (Å²) < 4.78 is 1.66. The molecule has 16 heteroatoms. The van der Waals surface area contributed by atoms with Gasteiger partial charge in [-0.2, -0.15) is 5.10 Å². The topological polar surface area (TPSA) is 199 Å². The van der Waals surface area contributed by atoms with Gasteiger partial charge in [-0.25, -0.2) is 4.68 Å². The van der Waals surface area contributed by atoms with Crippen LogP contribution in [0.1, 0.15) is 120 Å². The van der Waals surface area contributed by atoms with E-state index in [2.05, 4.69) is 49.1 Å². The molecule has 3 aromatic carbocycles. The van der Waals surface area contributed by atoms with E-state index in [0.717, 1.165) is 47.2 Å². The van der Waals surface area contributed by atoms with Gasteiger partial charge in [0.1, 0.15) is 30.0 Å². The van der Waals surface area contributed by atoms with Gasteiger partial charge in [-0.3, -0.25) is 28.8 Å². The summed E-state index contributed by atoms with van der Waals surface area (Å²) in [5.41, 5.74) is 4.88. The zero-order valence-electron chi connectivity index (χ0n) is 43.3. The smallest absolute Gasteiger partial charge is 0.248 e. The number of hydrogen-bond acceptors (Lipinski definition) is 9. The van der Waals surface area contributed by atoms with Gasteiger partial charge in [0.15, 0.2) is 0 Å². The van der Waals surface area contributed by atoms with Crippen molar-refractivity contribution in [3.63, 3.8) is 0 Å².